The van der Waals surface area contributed by atoms with Crippen LogP contribution in [0.3, 0.4) is 0 Å². The molecule has 0 aliphatic carbocycles. The van der Waals surface area contributed by atoms with Crippen LogP contribution >= 0.6 is 0 Å². The van der Waals surface area contributed by atoms with E-state index in [4.69, 9.17) is 4.52 Å². The monoisotopic (exact) mass is 304 g/mol. The molecule has 1 aromatic carbocycles. The van der Waals surface area contributed by atoms with Crippen LogP contribution in [0.1, 0.15) is 30.2 Å². The van der Waals surface area contributed by atoms with Gasteiger partial charge < -0.3 is 4.52 Å². The van der Waals surface area contributed by atoms with Gasteiger partial charge in [0.25, 0.3) is 0 Å². The maximum atomic E-state index is 12.9. The lowest BCUT2D eigenvalue weighted by molar-refractivity contribution is 0.0845. The first kappa shape index (κ1) is 15.1. The average Bonchev–Trinajstić information content (AvgIpc) is 2.96. The van der Waals surface area contributed by atoms with E-state index in [-0.39, 0.29) is 11.9 Å². The minimum Gasteiger partial charge on any atom is -0.338 e. The molecule has 2 aromatic rings. The van der Waals surface area contributed by atoms with Gasteiger partial charge in [-0.3, -0.25) is 9.80 Å². The molecule has 3 rings (SSSR count). The maximum Gasteiger partial charge on any atom is 0.243 e. The molecule has 0 spiro atoms. The molecule has 1 unspecified atom stereocenters. The van der Waals surface area contributed by atoms with E-state index in [0.29, 0.717) is 11.7 Å². The summed E-state index contributed by atoms with van der Waals surface area (Å²) in [5.41, 5.74) is 1.15. The number of nitrogens with zero attached hydrogens (tertiary/aromatic N) is 4. The van der Waals surface area contributed by atoms with Crippen LogP contribution in [0.25, 0.3) is 0 Å². The molecule has 1 atom stereocenters. The summed E-state index contributed by atoms with van der Waals surface area (Å²) in [6.45, 7) is 8.68. The van der Waals surface area contributed by atoms with E-state index < -0.39 is 0 Å². The summed E-state index contributed by atoms with van der Waals surface area (Å²) >= 11 is 0. The molecule has 6 heteroatoms. The molecule has 0 radical (unpaired) electrons. The number of aryl methyl sites for hydroxylation is 1. The predicted octanol–water partition coefficient (Wildman–Crippen LogP) is 2.40. The summed E-state index contributed by atoms with van der Waals surface area (Å²) in [6.07, 6.45) is 0. The summed E-state index contributed by atoms with van der Waals surface area (Å²) in [5, 5.41) is 3.86. The number of halogens is 1. The van der Waals surface area contributed by atoms with Gasteiger partial charge in [-0.2, -0.15) is 4.98 Å². The summed E-state index contributed by atoms with van der Waals surface area (Å²) in [7, 11) is 0. The molecular weight excluding hydrogens is 283 g/mol. The summed E-state index contributed by atoms with van der Waals surface area (Å²) in [6, 6.07) is 6.89. The van der Waals surface area contributed by atoms with Gasteiger partial charge in [0.1, 0.15) is 5.82 Å². The molecule has 118 valence electrons. The minimum absolute atomic E-state index is 0.147. The molecule has 1 fully saturated rings. The Morgan fingerprint density at radius 1 is 1.18 bits per heavy atom. The second kappa shape index (κ2) is 6.54. The molecule has 0 bridgehead atoms. The van der Waals surface area contributed by atoms with Gasteiger partial charge in [0.2, 0.25) is 5.89 Å². The molecule has 0 N–H and O–H groups in total. The van der Waals surface area contributed by atoms with Gasteiger partial charge in [-0.05, 0) is 31.5 Å². The van der Waals surface area contributed by atoms with Crippen LogP contribution in [0, 0.1) is 12.7 Å². The van der Waals surface area contributed by atoms with Crippen molar-refractivity contribution in [3.63, 3.8) is 0 Å². The summed E-state index contributed by atoms with van der Waals surface area (Å²) in [5.74, 6) is 1.18. The van der Waals surface area contributed by atoms with Crippen molar-refractivity contribution in [3.05, 3.63) is 47.4 Å². The van der Waals surface area contributed by atoms with Gasteiger partial charge in [-0.25, -0.2) is 4.39 Å². The molecule has 22 heavy (non-hydrogen) atoms. The van der Waals surface area contributed by atoms with Gasteiger partial charge >= 0.3 is 0 Å². The Bertz CT molecular complexity index is 605. The zero-order valence-electron chi connectivity index (χ0n) is 13.0. The molecule has 0 amide bonds. The first-order valence-corrected chi connectivity index (χ1v) is 7.63. The van der Waals surface area contributed by atoms with E-state index in [0.717, 1.165) is 38.3 Å². The number of piperazine rings is 1. The zero-order chi connectivity index (χ0) is 15.5. The molecule has 1 aromatic heterocycles. The Morgan fingerprint density at radius 2 is 1.86 bits per heavy atom. The SMILES string of the molecule is Cc1noc(C(C)N2CCN(Cc3ccc(F)cc3)CC2)n1. The van der Waals surface area contributed by atoms with Crippen LogP contribution in [0.15, 0.2) is 28.8 Å². The van der Waals surface area contributed by atoms with Gasteiger partial charge in [-0.15, -0.1) is 0 Å². The predicted molar refractivity (Wildman–Crippen MR) is 80.7 cm³/mol. The smallest absolute Gasteiger partial charge is 0.243 e. The van der Waals surface area contributed by atoms with E-state index >= 15 is 0 Å². The lowest BCUT2D eigenvalue weighted by atomic mass is 10.1. The van der Waals surface area contributed by atoms with E-state index in [1.54, 1.807) is 0 Å². The van der Waals surface area contributed by atoms with E-state index in [1.165, 1.54) is 12.1 Å². The highest BCUT2D eigenvalue weighted by Crippen LogP contribution is 2.20. The fourth-order valence-electron chi connectivity index (χ4n) is 2.80. The van der Waals surface area contributed by atoms with Crippen molar-refractivity contribution in [2.24, 2.45) is 0 Å². The Morgan fingerprint density at radius 3 is 2.45 bits per heavy atom. The Kier molecular flexibility index (Phi) is 4.49. The third-order valence-electron chi connectivity index (χ3n) is 4.17. The second-order valence-corrected chi connectivity index (χ2v) is 5.79. The number of benzene rings is 1. The molecule has 1 aliphatic rings. The fraction of sp³-hybridized carbons (Fsp3) is 0.500. The summed E-state index contributed by atoms with van der Waals surface area (Å²) in [4.78, 5) is 9.05. The van der Waals surface area contributed by atoms with Crippen molar-refractivity contribution in [1.82, 2.24) is 19.9 Å². The van der Waals surface area contributed by atoms with Gasteiger partial charge in [0, 0.05) is 32.7 Å². The number of aromatic nitrogens is 2. The van der Waals surface area contributed by atoms with Crippen molar-refractivity contribution in [2.45, 2.75) is 26.4 Å². The zero-order valence-corrected chi connectivity index (χ0v) is 13.0. The third-order valence-corrected chi connectivity index (χ3v) is 4.17. The van der Waals surface area contributed by atoms with Crippen molar-refractivity contribution in [3.8, 4) is 0 Å². The third kappa shape index (κ3) is 3.51. The lowest BCUT2D eigenvalue weighted by Gasteiger charge is -2.36. The van der Waals surface area contributed by atoms with Crippen molar-refractivity contribution in [1.29, 1.82) is 0 Å². The Balaban J connectivity index is 1.52. The first-order chi connectivity index (χ1) is 10.6. The largest absolute Gasteiger partial charge is 0.338 e. The topological polar surface area (TPSA) is 45.4 Å². The molecule has 1 saturated heterocycles. The van der Waals surface area contributed by atoms with Crippen LogP contribution in [0.2, 0.25) is 0 Å². The number of rotatable bonds is 4. The van der Waals surface area contributed by atoms with Crippen LogP contribution in [0.5, 0.6) is 0 Å². The Hall–Kier alpha value is -1.79. The fourth-order valence-corrected chi connectivity index (χ4v) is 2.80. The maximum absolute atomic E-state index is 12.9. The molecular formula is C16H21FN4O. The highest BCUT2D eigenvalue weighted by Gasteiger charge is 2.25. The van der Waals surface area contributed by atoms with E-state index in [1.807, 2.05) is 19.1 Å². The summed E-state index contributed by atoms with van der Waals surface area (Å²) < 4.78 is 18.2. The number of hydrogen-bond donors (Lipinski definition) is 0. The minimum atomic E-state index is -0.183. The highest BCUT2D eigenvalue weighted by molar-refractivity contribution is 5.16. The van der Waals surface area contributed by atoms with Crippen LogP contribution < -0.4 is 0 Å². The Labute approximate surface area is 129 Å². The highest BCUT2D eigenvalue weighted by atomic mass is 19.1. The van der Waals surface area contributed by atoms with Crippen LogP contribution in [-0.4, -0.2) is 46.1 Å². The lowest BCUT2D eigenvalue weighted by Crippen LogP contribution is -2.46. The van der Waals surface area contributed by atoms with Crippen molar-refractivity contribution >= 4 is 0 Å². The van der Waals surface area contributed by atoms with Gasteiger partial charge in [0.05, 0.1) is 6.04 Å². The molecule has 5 nitrogen and oxygen atoms in total. The van der Waals surface area contributed by atoms with E-state index in [9.17, 15) is 4.39 Å². The normalized spacial score (nSPS) is 18.5. The van der Waals surface area contributed by atoms with Crippen LogP contribution in [-0.2, 0) is 6.54 Å². The van der Waals surface area contributed by atoms with E-state index in [2.05, 4.69) is 26.9 Å². The quantitative estimate of drug-likeness (QED) is 0.868. The average molecular weight is 304 g/mol. The molecule has 0 saturated carbocycles. The standard InChI is InChI=1S/C16H21FN4O/c1-12(16-18-13(2)19-22-16)21-9-7-20(8-10-21)11-14-3-5-15(17)6-4-14/h3-6,12H,7-11H2,1-2H3. The van der Waals surface area contributed by atoms with Crippen LogP contribution in [0.4, 0.5) is 4.39 Å². The molecule has 1 aliphatic heterocycles. The molecule has 2 heterocycles. The van der Waals surface area contributed by atoms with Gasteiger partial charge in [-0.1, -0.05) is 17.3 Å². The first-order valence-electron chi connectivity index (χ1n) is 7.63. The second-order valence-electron chi connectivity index (χ2n) is 5.79. The van der Waals surface area contributed by atoms with Crippen molar-refractivity contribution in [2.75, 3.05) is 26.2 Å². The van der Waals surface area contributed by atoms with Gasteiger partial charge in [0.15, 0.2) is 5.82 Å². The van der Waals surface area contributed by atoms with Crippen molar-refractivity contribution < 1.29 is 8.91 Å². The number of hydrogen-bond acceptors (Lipinski definition) is 5.